The van der Waals surface area contributed by atoms with Crippen LogP contribution in [-0.2, 0) is 19.2 Å². The monoisotopic (exact) mass is 314 g/mol. The van der Waals surface area contributed by atoms with Crippen LogP contribution in [0.15, 0.2) is 60.7 Å². The van der Waals surface area contributed by atoms with Gasteiger partial charge in [0.1, 0.15) is 0 Å². The van der Waals surface area contributed by atoms with E-state index < -0.39 is 0 Å². The van der Waals surface area contributed by atoms with Crippen LogP contribution in [0.4, 0.5) is 0 Å². The maximum absolute atomic E-state index is 2.42. The average molecular weight is 315 g/mol. The van der Waals surface area contributed by atoms with Crippen molar-refractivity contribution in [3.05, 3.63) is 82.9 Å². The van der Waals surface area contributed by atoms with E-state index in [0.717, 1.165) is 0 Å². The molecule has 2 aliphatic carbocycles. The van der Waals surface area contributed by atoms with Crippen LogP contribution in [0.3, 0.4) is 0 Å². The molecule has 4 rings (SSSR count). The summed E-state index contributed by atoms with van der Waals surface area (Å²) in [5.74, 6) is 0. The van der Waals surface area contributed by atoms with E-state index >= 15 is 0 Å². The Kier molecular flexibility index (Phi) is 3.98. The molecule has 20 heavy (non-hydrogen) atoms. The van der Waals surface area contributed by atoms with Gasteiger partial charge in [0, 0.05) is 0 Å². The molecule has 0 aliphatic heterocycles. The van der Waals surface area contributed by atoms with Gasteiger partial charge in [-0.2, -0.15) is 0 Å². The van der Waals surface area contributed by atoms with Crippen molar-refractivity contribution in [2.24, 2.45) is 0 Å². The van der Waals surface area contributed by atoms with Crippen LogP contribution >= 0.6 is 0 Å². The molecule has 2 aromatic rings. The van der Waals surface area contributed by atoms with E-state index in [0.29, 0.717) is 8.45 Å². The second-order valence-corrected chi connectivity index (χ2v) is 7.56. The van der Waals surface area contributed by atoms with E-state index in [9.17, 15) is 0 Å². The van der Waals surface area contributed by atoms with Crippen LogP contribution in [-0.4, -0.2) is 0 Å². The van der Waals surface area contributed by atoms with Crippen molar-refractivity contribution < 1.29 is 33.0 Å². The van der Waals surface area contributed by atoms with Gasteiger partial charge < -0.3 is 13.8 Å². The zero-order valence-corrected chi connectivity index (χ0v) is 13.3. The molecule has 2 unspecified atom stereocenters. The molecule has 2 heteroatoms. The topological polar surface area (TPSA) is 0 Å². The summed E-state index contributed by atoms with van der Waals surface area (Å²) < 4.78 is 1.38. The Morgan fingerprint density at radius 2 is 1.15 bits per heavy atom. The first-order valence-electron chi connectivity index (χ1n) is 6.72. The molecule has 0 heterocycles. The molecule has 0 radical (unpaired) electrons. The summed E-state index contributed by atoms with van der Waals surface area (Å²) in [6.07, 6.45) is 9.43. The Bertz CT molecular complexity index is 634. The van der Waals surface area contributed by atoms with Gasteiger partial charge in [-0.15, -0.1) is 0 Å². The summed E-state index contributed by atoms with van der Waals surface area (Å²) in [6.45, 7) is 0. The molecular weight excluding hydrogens is 300 g/mol. The van der Waals surface area contributed by atoms with E-state index in [1.54, 1.807) is 11.1 Å². The van der Waals surface area contributed by atoms with Gasteiger partial charge in [0.15, 0.2) is 0 Å². The van der Waals surface area contributed by atoms with E-state index in [4.69, 9.17) is 0 Å². The van der Waals surface area contributed by atoms with Gasteiger partial charge in [0.25, 0.3) is 0 Å². The summed E-state index contributed by atoms with van der Waals surface area (Å²) in [5, 5.41) is 0. The van der Waals surface area contributed by atoms with E-state index in [1.807, 2.05) is 0 Å². The molecule has 0 N–H and O–H groups in total. The number of rotatable bonds is 2. The van der Waals surface area contributed by atoms with Gasteiger partial charge in [-0.25, -0.2) is 0 Å². The standard InChI is InChI=1S/2C9H7.ClH.Ti.H/c2*1-2-5-9-7-3-6-8(9)4-1;;;/h2*1-7H;1H;;/q;;;+2;-1/p-1. The van der Waals surface area contributed by atoms with Crippen molar-refractivity contribution in [2.45, 2.75) is 8.45 Å². The van der Waals surface area contributed by atoms with E-state index in [-0.39, 0.29) is 33.0 Å². The Labute approximate surface area is 136 Å². The van der Waals surface area contributed by atoms with Crippen LogP contribution < -0.4 is 12.4 Å². The predicted octanol–water partition coefficient (Wildman–Crippen LogP) is 1.72. The molecular formula is C18H15ClTi. The fraction of sp³-hybridized carbons (Fsp3) is 0.111. The van der Waals surface area contributed by atoms with Crippen LogP contribution in [0.25, 0.3) is 12.2 Å². The molecule has 0 aromatic heterocycles. The molecule has 2 atom stereocenters. The minimum atomic E-state index is -0.0859. The Hall–Kier alpha value is -1.08. The van der Waals surface area contributed by atoms with Crippen LogP contribution in [0, 0.1) is 0 Å². The smallest absolute Gasteiger partial charge is 1.00 e. The molecule has 0 fully saturated rings. The molecule has 98 valence electrons. The summed E-state index contributed by atoms with van der Waals surface area (Å²) in [7, 11) is 0. The Morgan fingerprint density at radius 3 is 1.65 bits per heavy atom. The van der Waals surface area contributed by atoms with Crippen molar-refractivity contribution in [1.29, 1.82) is 0 Å². The normalized spacial score (nSPS) is 21.0. The third kappa shape index (κ3) is 2.33. The Balaban J connectivity index is 0.000000807. The fourth-order valence-electron chi connectivity index (χ4n) is 2.98. The second kappa shape index (κ2) is 5.73. The number of hydrogen-bond acceptors (Lipinski definition) is 0. The van der Waals surface area contributed by atoms with Gasteiger partial charge >= 0.3 is 123 Å². The second-order valence-electron chi connectivity index (χ2n) is 5.10. The minimum absolute atomic E-state index is 0. The number of halogens is 1. The maximum atomic E-state index is 2.42. The number of fused-ring (bicyclic) bond motifs is 2. The van der Waals surface area contributed by atoms with Crippen molar-refractivity contribution in [1.82, 2.24) is 0 Å². The molecule has 0 saturated heterocycles. The number of hydrogen-bond donors (Lipinski definition) is 0. The minimum Gasteiger partial charge on any atom is -1.00 e. The Morgan fingerprint density at radius 1 is 0.700 bits per heavy atom. The van der Waals surface area contributed by atoms with Crippen molar-refractivity contribution in [3.63, 3.8) is 0 Å². The first kappa shape index (κ1) is 13.9. The molecule has 0 spiro atoms. The van der Waals surface area contributed by atoms with E-state index in [1.165, 1.54) is 11.1 Å². The molecule has 2 aromatic carbocycles. The summed E-state index contributed by atoms with van der Waals surface area (Å²) in [4.78, 5) is 0. The van der Waals surface area contributed by atoms with Crippen molar-refractivity contribution in [2.75, 3.05) is 0 Å². The molecule has 2 aliphatic rings. The zero-order valence-electron chi connectivity index (χ0n) is 12.0. The SMILES string of the molecule is C1=C[CH]([Ti+2][CH]2C=Cc3ccccc32)c2ccccc21.[Cl-].[H-]. The summed E-state index contributed by atoms with van der Waals surface area (Å²) >= 11 is -0.0859. The third-order valence-electron chi connectivity index (χ3n) is 3.96. The molecule has 0 amide bonds. The number of benzene rings is 2. The predicted molar refractivity (Wildman–Crippen MR) is 77.5 cm³/mol. The fourth-order valence-corrected chi connectivity index (χ4v) is 5.62. The largest absolute Gasteiger partial charge is 1.00 e. The van der Waals surface area contributed by atoms with Gasteiger partial charge in [-0.3, -0.25) is 0 Å². The summed E-state index contributed by atoms with van der Waals surface area (Å²) in [5.41, 5.74) is 5.93. The quantitative estimate of drug-likeness (QED) is 0.741. The van der Waals surface area contributed by atoms with Gasteiger partial charge in [0.05, 0.1) is 0 Å². The maximum Gasteiger partial charge on any atom is -1.00 e. The van der Waals surface area contributed by atoms with Crippen molar-refractivity contribution in [3.8, 4) is 0 Å². The third-order valence-corrected chi connectivity index (χ3v) is 6.65. The van der Waals surface area contributed by atoms with Crippen LogP contribution in [0.2, 0.25) is 0 Å². The van der Waals surface area contributed by atoms with Crippen LogP contribution in [0.1, 0.15) is 32.1 Å². The van der Waals surface area contributed by atoms with Gasteiger partial charge in [-0.1, -0.05) is 0 Å². The average Bonchev–Trinajstić information content (AvgIpc) is 3.05. The molecule has 0 saturated carbocycles. The van der Waals surface area contributed by atoms with Crippen molar-refractivity contribution >= 4 is 12.2 Å². The zero-order chi connectivity index (χ0) is 12.7. The van der Waals surface area contributed by atoms with Gasteiger partial charge in [-0.05, 0) is 0 Å². The number of allylic oxidation sites excluding steroid dienone is 2. The van der Waals surface area contributed by atoms with Gasteiger partial charge in [0.2, 0.25) is 0 Å². The summed E-state index contributed by atoms with van der Waals surface area (Å²) in [6, 6.07) is 17.7. The van der Waals surface area contributed by atoms with E-state index in [2.05, 4.69) is 72.8 Å². The van der Waals surface area contributed by atoms with Crippen LogP contribution in [0.5, 0.6) is 0 Å². The molecule has 0 nitrogen and oxygen atoms in total. The molecule has 0 bridgehead atoms. The first-order valence-corrected chi connectivity index (χ1v) is 8.52. The first-order chi connectivity index (χ1) is 9.42.